The van der Waals surface area contributed by atoms with E-state index in [9.17, 15) is 4.79 Å². The lowest BCUT2D eigenvalue weighted by molar-refractivity contribution is 0.0934. The highest BCUT2D eigenvalue weighted by Crippen LogP contribution is 2.24. The lowest BCUT2D eigenvalue weighted by Gasteiger charge is -2.16. The van der Waals surface area contributed by atoms with Gasteiger partial charge in [-0.15, -0.1) is 5.10 Å². The molecule has 1 amide bonds. The molecule has 0 spiro atoms. The second kappa shape index (κ2) is 7.75. The van der Waals surface area contributed by atoms with Gasteiger partial charge in [0.1, 0.15) is 5.75 Å². The van der Waals surface area contributed by atoms with Crippen molar-refractivity contribution in [1.82, 2.24) is 20.3 Å². The molecule has 0 radical (unpaired) electrons. The minimum Gasteiger partial charge on any atom is -0.497 e. The Balaban J connectivity index is 1.59. The molecule has 1 heterocycles. The third kappa shape index (κ3) is 3.57. The van der Waals surface area contributed by atoms with Gasteiger partial charge < -0.3 is 10.1 Å². The minimum absolute atomic E-state index is 0.171. The molecule has 0 bridgehead atoms. The standard InChI is InChI=1S/C23H22N4O2/c1-15(20-13-6-9-17-8-4-5-12-21(17)20)24-23(28)22-16(2)27(26-25-22)18-10-7-11-19(14-18)29-3/h4-15H,1-3H3,(H,24,28). The van der Waals surface area contributed by atoms with Gasteiger partial charge >= 0.3 is 0 Å². The summed E-state index contributed by atoms with van der Waals surface area (Å²) >= 11 is 0. The summed E-state index contributed by atoms with van der Waals surface area (Å²) in [7, 11) is 1.61. The van der Waals surface area contributed by atoms with Crippen LogP contribution in [0.3, 0.4) is 0 Å². The van der Waals surface area contributed by atoms with Crippen LogP contribution in [0, 0.1) is 6.92 Å². The summed E-state index contributed by atoms with van der Waals surface area (Å²) in [6.07, 6.45) is 0. The van der Waals surface area contributed by atoms with Gasteiger partial charge in [0.2, 0.25) is 0 Å². The number of methoxy groups -OCH3 is 1. The summed E-state index contributed by atoms with van der Waals surface area (Å²) in [5.41, 5.74) is 2.82. The van der Waals surface area contributed by atoms with Crippen LogP contribution < -0.4 is 10.1 Å². The molecule has 3 aromatic carbocycles. The fourth-order valence-corrected chi connectivity index (χ4v) is 3.50. The number of fused-ring (bicyclic) bond motifs is 1. The van der Waals surface area contributed by atoms with Gasteiger partial charge in [0.25, 0.3) is 5.91 Å². The molecular weight excluding hydrogens is 364 g/mol. The van der Waals surface area contributed by atoms with Gasteiger partial charge in [0.15, 0.2) is 5.69 Å². The third-order valence-corrected chi connectivity index (χ3v) is 5.05. The first kappa shape index (κ1) is 18.7. The first-order valence-electron chi connectivity index (χ1n) is 9.43. The Kier molecular flexibility index (Phi) is 4.99. The molecule has 6 nitrogen and oxygen atoms in total. The molecule has 1 unspecified atom stereocenters. The number of aromatic nitrogens is 3. The van der Waals surface area contributed by atoms with Crippen molar-refractivity contribution in [2.45, 2.75) is 19.9 Å². The van der Waals surface area contributed by atoms with Crippen LogP contribution >= 0.6 is 0 Å². The fraction of sp³-hybridized carbons (Fsp3) is 0.174. The van der Waals surface area contributed by atoms with E-state index < -0.39 is 0 Å². The number of nitrogens with one attached hydrogen (secondary N) is 1. The fourth-order valence-electron chi connectivity index (χ4n) is 3.50. The van der Waals surface area contributed by atoms with E-state index in [4.69, 9.17) is 4.74 Å². The van der Waals surface area contributed by atoms with Gasteiger partial charge in [-0.1, -0.05) is 53.7 Å². The van der Waals surface area contributed by atoms with E-state index in [1.807, 2.05) is 62.4 Å². The Labute approximate surface area is 169 Å². The Bertz CT molecular complexity index is 1180. The van der Waals surface area contributed by atoms with E-state index in [1.54, 1.807) is 11.8 Å². The summed E-state index contributed by atoms with van der Waals surface area (Å²) in [5, 5.41) is 13.6. The van der Waals surface area contributed by atoms with E-state index >= 15 is 0 Å². The predicted octanol–water partition coefficient (Wildman–Crippen LogP) is 4.23. The van der Waals surface area contributed by atoms with Crippen molar-refractivity contribution in [3.63, 3.8) is 0 Å². The van der Waals surface area contributed by atoms with Gasteiger partial charge in [-0.05, 0) is 42.3 Å². The largest absolute Gasteiger partial charge is 0.497 e. The van der Waals surface area contributed by atoms with Crippen LogP contribution in [0.2, 0.25) is 0 Å². The zero-order chi connectivity index (χ0) is 20.4. The quantitative estimate of drug-likeness (QED) is 0.557. The molecule has 29 heavy (non-hydrogen) atoms. The maximum atomic E-state index is 12.9. The minimum atomic E-state index is -0.253. The second-order valence-corrected chi connectivity index (χ2v) is 6.90. The predicted molar refractivity (Wildman–Crippen MR) is 112 cm³/mol. The van der Waals surface area contributed by atoms with Crippen LogP contribution in [0.1, 0.15) is 34.7 Å². The number of ether oxygens (including phenoxy) is 1. The monoisotopic (exact) mass is 386 g/mol. The summed E-state index contributed by atoms with van der Waals surface area (Å²) in [6.45, 7) is 3.80. The van der Waals surface area contributed by atoms with Crippen molar-refractivity contribution in [1.29, 1.82) is 0 Å². The first-order valence-corrected chi connectivity index (χ1v) is 9.43. The number of nitrogens with zero attached hydrogens (tertiary/aromatic N) is 3. The Morgan fingerprint density at radius 1 is 1.07 bits per heavy atom. The number of hydrogen-bond donors (Lipinski definition) is 1. The van der Waals surface area contributed by atoms with Gasteiger partial charge in [0, 0.05) is 6.07 Å². The molecular formula is C23H22N4O2. The topological polar surface area (TPSA) is 69.0 Å². The second-order valence-electron chi connectivity index (χ2n) is 6.90. The molecule has 1 atom stereocenters. The average molecular weight is 386 g/mol. The van der Waals surface area contributed by atoms with Crippen LogP contribution in [0.25, 0.3) is 16.5 Å². The number of hydrogen-bond acceptors (Lipinski definition) is 4. The summed E-state index contributed by atoms with van der Waals surface area (Å²) < 4.78 is 6.91. The molecule has 0 saturated carbocycles. The lowest BCUT2D eigenvalue weighted by Crippen LogP contribution is -2.27. The molecule has 0 saturated heterocycles. The number of carbonyl (C=O) groups excluding carboxylic acids is 1. The van der Waals surface area contributed by atoms with Gasteiger partial charge in [-0.2, -0.15) is 0 Å². The number of amides is 1. The van der Waals surface area contributed by atoms with Crippen LogP contribution in [0.4, 0.5) is 0 Å². The molecule has 6 heteroatoms. The van der Waals surface area contributed by atoms with Crippen LogP contribution in [0.15, 0.2) is 66.7 Å². The van der Waals surface area contributed by atoms with Crippen molar-refractivity contribution in [2.24, 2.45) is 0 Å². The number of benzene rings is 3. The van der Waals surface area contributed by atoms with Crippen LogP contribution in [-0.4, -0.2) is 28.0 Å². The Morgan fingerprint density at radius 2 is 1.83 bits per heavy atom. The highest BCUT2D eigenvalue weighted by atomic mass is 16.5. The van der Waals surface area contributed by atoms with Crippen molar-refractivity contribution < 1.29 is 9.53 Å². The molecule has 146 valence electrons. The highest BCUT2D eigenvalue weighted by Gasteiger charge is 2.20. The summed E-state index contributed by atoms with van der Waals surface area (Å²) in [4.78, 5) is 12.9. The molecule has 0 aliphatic rings. The van der Waals surface area contributed by atoms with E-state index in [0.717, 1.165) is 22.0 Å². The molecule has 4 aromatic rings. The first-order chi connectivity index (χ1) is 14.1. The molecule has 0 aliphatic heterocycles. The average Bonchev–Trinajstić information content (AvgIpc) is 3.14. The van der Waals surface area contributed by atoms with Gasteiger partial charge in [0.05, 0.1) is 24.5 Å². The molecule has 4 rings (SSSR count). The summed E-state index contributed by atoms with van der Waals surface area (Å²) in [5.74, 6) is 0.463. The van der Waals surface area contributed by atoms with E-state index in [-0.39, 0.29) is 11.9 Å². The zero-order valence-electron chi connectivity index (χ0n) is 16.6. The Morgan fingerprint density at radius 3 is 2.66 bits per heavy atom. The van der Waals surface area contributed by atoms with E-state index in [1.165, 1.54) is 0 Å². The number of rotatable bonds is 5. The van der Waals surface area contributed by atoms with Gasteiger partial charge in [-0.3, -0.25) is 4.79 Å². The van der Waals surface area contributed by atoms with Gasteiger partial charge in [-0.25, -0.2) is 4.68 Å². The number of carbonyl (C=O) groups is 1. The van der Waals surface area contributed by atoms with Crippen molar-refractivity contribution in [2.75, 3.05) is 7.11 Å². The maximum Gasteiger partial charge on any atom is 0.274 e. The van der Waals surface area contributed by atoms with E-state index in [0.29, 0.717) is 17.1 Å². The van der Waals surface area contributed by atoms with Crippen molar-refractivity contribution in [3.8, 4) is 11.4 Å². The maximum absolute atomic E-state index is 12.9. The van der Waals surface area contributed by atoms with Crippen LogP contribution in [0.5, 0.6) is 5.75 Å². The van der Waals surface area contributed by atoms with Crippen molar-refractivity contribution in [3.05, 3.63) is 83.7 Å². The SMILES string of the molecule is COc1cccc(-n2nnc(C(=O)NC(C)c3cccc4ccccc34)c2C)c1. The Hall–Kier alpha value is -3.67. The molecule has 0 aliphatic carbocycles. The summed E-state index contributed by atoms with van der Waals surface area (Å²) in [6, 6.07) is 21.6. The molecule has 0 fully saturated rings. The third-order valence-electron chi connectivity index (χ3n) is 5.05. The van der Waals surface area contributed by atoms with E-state index in [2.05, 4.69) is 33.8 Å². The van der Waals surface area contributed by atoms with Crippen molar-refractivity contribution >= 4 is 16.7 Å². The zero-order valence-corrected chi connectivity index (χ0v) is 16.6. The smallest absolute Gasteiger partial charge is 0.274 e. The lowest BCUT2D eigenvalue weighted by atomic mass is 9.99. The highest BCUT2D eigenvalue weighted by molar-refractivity contribution is 5.94. The normalized spacial score (nSPS) is 12.0. The van der Waals surface area contributed by atoms with Crippen LogP contribution in [-0.2, 0) is 0 Å². The molecule has 1 N–H and O–H groups in total. The molecule has 1 aromatic heterocycles.